The molecule has 1 amide bonds. The summed E-state index contributed by atoms with van der Waals surface area (Å²) in [5.74, 6) is 2.64. The van der Waals surface area contributed by atoms with E-state index in [1.807, 2.05) is 60.3 Å². The molecule has 3 aromatic carbocycles. The zero-order chi connectivity index (χ0) is 19.9. The van der Waals surface area contributed by atoms with Crippen LogP contribution in [0.5, 0.6) is 5.75 Å². The Morgan fingerprint density at radius 2 is 1.72 bits per heavy atom. The summed E-state index contributed by atoms with van der Waals surface area (Å²) in [5.41, 5.74) is 7.47. The SMILES string of the molecule is O=C(N/N=C1\CCSC1)c1ccc(COc2ccccc2-c2ccccc2)cc1. The highest BCUT2D eigenvalue weighted by Gasteiger charge is 2.10. The first kappa shape index (κ1) is 19.3. The van der Waals surface area contributed by atoms with Gasteiger partial charge in [0.15, 0.2) is 0 Å². The van der Waals surface area contributed by atoms with Crippen LogP contribution < -0.4 is 10.2 Å². The van der Waals surface area contributed by atoms with Gasteiger partial charge in [0.25, 0.3) is 5.91 Å². The van der Waals surface area contributed by atoms with E-state index in [1.165, 1.54) is 0 Å². The number of para-hydroxylation sites is 1. The molecule has 1 N–H and O–H groups in total. The second kappa shape index (κ2) is 9.43. The summed E-state index contributed by atoms with van der Waals surface area (Å²) in [6.07, 6.45) is 0.950. The molecule has 1 fully saturated rings. The number of amides is 1. The predicted molar refractivity (Wildman–Crippen MR) is 119 cm³/mol. The van der Waals surface area contributed by atoms with Gasteiger partial charge in [0, 0.05) is 22.6 Å². The standard InChI is InChI=1S/C24H22N2O2S/c27-24(26-25-21-14-15-29-17-21)20-12-10-18(11-13-20)16-28-23-9-5-4-8-22(23)19-6-2-1-3-7-19/h1-13H,14-17H2,(H,26,27)/b25-21+. The van der Waals surface area contributed by atoms with Gasteiger partial charge in [-0.2, -0.15) is 16.9 Å². The number of rotatable bonds is 6. The summed E-state index contributed by atoms with van der Waals surface area (Å²) < 4.78 is 6.07. The Balaban J connectivity index is 1.39. The molecule has 1 heterocycles. The van der Waals surface area contributed by atoms with E-state index in [1.54, 1.807) is 12.1 Å². The van der Waals surface area contributed by atoms with E-state index in [0.717, 1.165) is 46.1 Å². The topological polar surface area (TPSA) is 50.7 Å². The summed E-state index contributed by atoms with van der Waals surface area (Å²) in [4.78, 5) is 12.2. The molecule has 0 aromatic heterocycles. The van der Waals surface area contributed by atoms with Crippen molar-refractivity contribution >= 4 is 23.4 Å². The van der Waals surface area contributed by atoms with Crippen LogP contribution in [0.1, 0.15) is 22.3 Å². The number of thioether (sulfide) groups is 1. The van der Waals surface area contributed by atoms with Crippen LogP contribution in [0, 0.1) is 0 Å². The maximum absolute atomic E-state index is 12.2. The van der Waals surface area contributed by atoms with E-state index < -0.39 is 0 Å². The van der Waals surface area contributed by atoms with E-state index in [4.69, 9.17) is 4.74 Å². The Bertz CT molecular complexity index is 993. The first-order chi connectivity index (χ1) is 14.3. The summed E-state index contributed by atoms with van der Waals surface area (Å²) in [6, 6.07) is 25.6. The molecule has 146 valence electrons. The summed E-state index contributed by atoms with van der Waals surface area (Å²) in [7, 11) is 0. The normalized spacial score (nSPS) is 14.7. The fourth-order valence-electron chi connectivity index (χ4n) is 3.10. The molecule has 0 spiro atoms. The average Bonchev–Trinajstić information content (AvgIpc) is 3.31. The zero-order valence-electron chi connectivity index (χ0n) is 16.0. The molecule has 0 atom stereocenters. The molecule has 1 aliphatic heterocycles. The van der Waals surface area contributed by atoms with Crippen LogP contribution in [0.25, 0.3) is 11.1 Å². The molecule has 0 radical (unpaired) electrons. The minimum atomic E-state index is -0.184. The first-order valence-electron chi connectivity index (χ1n) is 9.59. The lowest BCUT2D eigenvalue weighted by atomic mass is 10.0. The molecule has 0 bridgehead atoms. The highest BCUT2D eigenvalue weighted by Crippen LogP contribution is 2.30. The van der Waals surface area contributed by atoms with Crippen molar-refractivity contribution in [3.05, 3.63) is 90.0 Å². The lowest BCUT2D eigenvalue weighted by Gasteiger charge is -2.12. The number of benzene rings is 3. The lowest BCUT2D eigenvalue weighted by molar-refractivity contribution is 0.0954. The van der Waals surface area contributed by atoms with Crippen molar-refractivity contribution in [1.29, 1.82) is 0 Å². The van der Waals surface area contributed by atoms with Crippen molar-refractivity contribution in [3.8, 4) is 16.9 Å². The van der Waals surface area contributed by atoms with Gasteiger partial charge in [-0.25, -0.2) is 5.43 Å². The monoisotopic (exact) mass is 402 g/mol. The molecule has 4 nitrogen and oxygen atoms in total. The lowest BCUT2D eigenvalue weighted by Crippen LogP contribution is -2.19. The quantitative estimate of drug-likeness (QED) is 0.580. The number of ether oxygens (including phenoxy) is 1. The van der Waals surface area contributed by atoms with Gasteiger partial charge in [-0.1, -0.05) is 60.7 Å². The fourth-order valence-corrected chi connectivity index (χ4v) is 4.07. The maximum Gasteiger partial charge on any atom is 0.271 e. The third-order valence-electron chi connectivity index (χ3n) is 4.70. The number of hydrogen-bond donors (Lipinski definition) is 1. The van der Waals surface area contributed by atoms with Crippen LogP contribution in [-0.2, 0) is 6.61 Å². The smallest absolute Gasteiger partial charge is 0.271 e. The van der Waals surface area contributed by atoms with Gasteiger partial charge < -0.3 is 4.74 Å². The third-order valence-corrected chi connectivity index (χ3v) is 5.73. The van der Waals surface area contributed by atoms with Crippen LogP contribution >= 0.6 is 11.8 Å². The van der Waals surface area contributed by atoms with Crippen LogP contribution in [0.15, 0.2) is 84.0 Å². The van der Waals surface area contributed by atoms with Crippen molar-refractivity contribution in [1.82, 2.24) is 5.43 Å². The van der Waals surface area contributed by atoms with Crippen molar-refractivity contribution in [2.24, 2.45) is 5.10 Å². The third kappa shape index (κ3) is 5.06. The van der Waals surface area contributed by atoms with Crippen molar-refractivity contribution in [2.75, 3.05) is 11.5 Å². The maximum atomic E-state index is 12.2. The number of nitrogens with zero attached hydrogens (tertiary/aromatic N) is 1. The molecule has 0 aliphatic carbocycles. The Hall–Kier alpha value is -3.05. The molecule has 29 heavy (non-hydrogen) atoms. The predicted octanol–water partition coefficient (Wildman–Crippen LogP) is 5.16. The minimum absolute atomic E-state index is 0.184. The summed E-state index contributed by atoms with van der Waals surface area (Å²) >= 11 is 1.84. The zero-order valence-corrected chi connectivity index (χ0v) is 16.8. The summed E-state index contributed by atoms with van der Waals surface area (Å²) in [6.45, 7) is 0.436. The van der Waals surface area contributed by atoms with Crippen LogP contribution in [0.2, 0.25) is 0 Å². The number of carbonyl (C=O) groups is 1. The Labute approximate surface area is 175 Å². The minimum Gasteiger partial charge on any atom is -0.488 e. The van der Waals surface area contributed by atoms with Gasteiger partial charge >= 0.3 is 0 Å². The molecule has 4 rings (SSSR count). The Kier molecular flexibility index (Phi) is 6.27. The number of hydrazone groups is 1. The number of carbonyl (C=O) groups excluding carboxylic acids is 1. The molecule has 0 saturated carbocycles. The van der Waals surface area contributed by atoms with Gasteiger partial charge in [0.2, 0.25) is 0 Å². The first-order valence-corrected chi connectivity index (χ1v) is 10.7. The van der Waals surface area contributed by atoms with Gasteiger partial charge in [0.1, 0.15) is 12.4 Å². The van der Waals surface area contributed by atoms with Crippen molar-refractivity contribution in [2.45, 2.75) is 13.0 Å². The van der Waals surface area contributed by atoms with E-state index in [9.17, 15) is 4.79 Å². The molecular weight excluding hydrogens is 380 g/mol. The van der Waals surface area contributed by atoms with E-state index in [2.05, 4.69) is 28.7 Å². The van der Waals surface area contributed by atoms with Crippen LogP contribution in [-0.4, -0.2) is 23.1 Å². The van der Waals surface area contributed by atoms with Crippen LogP contribution in [0.4, 0.5) is 0 Å². The van der Waals surface area contributed by atoms with Gasteiger partial charge in [-0.05, 0) is 41.5 Å². The van der Waals surface area contributed by atoms with Gasteiger partial charge in [-0.15, -0.1) is 0 Å². The average molecular weight is 403 g/mol. The van der Waals surface area contributed by atoms with E-state index >= 15 is 0 Å². The highest BCUT2D eigenvalue weighted by atomic mass is 32.2. The number of hydrogen-bond acceptors (Lipinski definition) is 4. The van der Waals surface area contributed by atoms with Gasteiger partial charge in [0.05, 0.1) is 0 Å². The second-order valence-electron chi connectivity index (χ2n) is 6.77. The van der Waals surface area contributed by atoms with Crippen LogP contribution in [0.3, 0.4) is 0 Å². The second-order valence-corrected chi connectivity index (χ2v) is 7.87. The summed E-state index contributed by atoms with van der Waals surface area (Å²) in [5, 5.41) is 4.21. The molecule has 0 unspecified atom stereocenters. The van der Waals surface area contributed by atoms with E-state index in [-0.39, 0.29) is 5.91 Å². The highest BCUT2D eigenvalue weighted by molar-refractivity contribution is 8.00. The molecule has 1 aliphatic rings. The Morgan fingerprint density at radius 1 is 0.966 bits per heavy atom. The van der Waals surface area contributed by atoms with Gasteiger partial charge in [-0.3, -0.25) is 4.79 Å². The van der Waals surface area contributed by atoms with E-state index in [0.29, 0.717) is 12.2 Å². The number of nitrogens with one attached hydrogen (secondary N) is 1. The molecule has 3 aromatic rings. The Morgan fingerprint density at radius 3 is 2.48 bits per heavy atom. The van der Waals surface area contributed by atoms with Crippen molar-refractivity contribution < 1.29 is 9.53 Å². The largest absolute Gasteiger partial charge is 0.488 e. The molecular formula is C24H22N2O2S. The molecule has 5 heteroatoms. The van der Waals surface area contributed by atoms with Crippen molar-refractivity contribution in [3.63, 3.8) is 0 Å². The molecule has 1 saturated heterocycles. The fraction of sp³-hybridized carbons (Fsp3) is 0.167.